The average Bonchev–Trinajstić information content (AvgIpc) is 3.54. The molecule has 0 amide bonds. The Morgan fingerprint density at radius 2 is 1.72 bits per heavy atom. The van der Waals surface area contributed by atoms with E-state index in [4.69, 9.17) is 9.40 Å². The molecule has 4 heterocycles. The highest BCUT2D eigenvalue weighted by Crippen LogP contribution is 2.40. The first-order valence-corrected chi connectivity index (χ1v) is 10.2. The number of nitrogens with zero attached hydrogens (tertiary/aromatic N) is 3. The number of fused-ring (bicyclic) bond motifs is 2. The SMILES string of the molecule is c1ccc2c(c1)ncn2-c1nc(-c2ccoc2)c(-c2ccsc2)c2ccccc12. The molecule has 0 atom stereocenters. The zero-order chi connectivity index (χ0) is 19.2. The van der Waals surface area contributed by atoms with E-state index in [9.17, 15) is 0 Å². The van der Waals surface area contributed by atoms with Crippen molar-refractivity contribution in [3.05, 3.63) is 90.3 Å². The van der Waals surface area contributed by atoms with Crippen LogP contribution in [-0.4, -0.2) is 14.5 Å². The van der Waals surface area contributed by atoms with Crippen LogP contribution in [0.5, 0.6) is 0 Å². The third kappa shape index (κ3) is 2.52. The van der Waals surface area contributed by atoms with Crippen molar-refractivity contribution in [3.8, 4) is 28.2 Å². The predicted molar refractivity (Wildman–Crippen MR) is 117 cm³/mol. The maximum Gasteiger partial charge on any atom is 0.147 e. The van der Waals surface area contributed by atoms with Crippen molar-refractivity contribution in [3.63, 3.8) is 0 Å². The number of thiophene rings is 1. The van der Waals surface area contributed by atoms with E-state index < -0.39 is 0 Å². The molecular formula is C24H15N3OS. The minimum Gasteiger partial charge on any atom is -0.472 e. The Morgan fingerprint density at radius 3 is 2.55 bits per heavy atom. The lowest BCUT2D eigenvalue weighted by Crippen LogP contribution is -2.01. The summed E-state index contributed by atoms with van der Waals surface area (Å²) in [6, 6.07) is 20.6. The second-order valence-corrected chi connectivity index (χ2v) is 7.61. The van der Waals surface area contributed by atoms with Gasteiger partial charge in [0.15, 0.2) is 0 Å². The molecular weight excluding hydrogens is 378 g/mol. The van der Waals surface area contributed by atoms with Gasteiger partial charge in [-0.25, -0.2) is 9.97 Å². The van der Waals surface area contributed by atoms with Crippen LogP contribution in [-0.2, 0) is 0 Å². The highest BCUT2D eigenvalue weighted by atomic mass is 32.1. The van der Waals surface area contributed by atoms with E-state index in [-0.39, 0.29) is 0 Å². The summed E-state index contributed by atoms with van der Waals surface area (Å²) in [5, 5.41) is 6.51. The maximum absolute atomic E-state index is 5.40. The standard InChI is InChI=1S/C24H15N3OS/c1-2-6-19-18(5-1)22(17-10-12-29-14-17)23(16-9-11-28-13-16)26-24(19)27-15-25-20-7-3-4-8-21(20)27/h1-15H. The average molecular weight is 393 g/mol. The van der Waals surface area contributed by atoms with Crippen LogP contribution in [0.4, 0.5) is 0 Å². The Balaban J connectivity index is 1.77. The Bertz CT molecular complexity index is 1450. The molecule has 4 nitrogen and oxygen atoms in total. The van der Waals surface area contributed by atoms with Crippen molar-refractivity contribution in [2.24, 2.45) is 0 Å². The Kier molecular flexibility index (Phi) is 3.61. The Hall–Kier alpha value is -3.70. The molecule has 6 aromatic rings. The van der Waals surface area contributed by atoms with Crippen molar-refractivity contribution in [2.45, 2.75) is 0 Å². The third-order valence-electron chi connectivity index (χ3n) is 5.18. The Labute approximate surface area is 170 Å². The highest BCUT2D eigenvalue weighted by Gasteiger charge is 2.19. The molecule has 0 unspecified atom stereocenters. The van der Waals surface area contributed by atoms with Gasteiger partial charge < -0.3 is 4.42 Å². The highest BCUT2D eigenvalue weighted by molar-refractivity contribution is 7.08. The van der Waals surface area contributed by atoms with Gasteiger partial charge in [-0.15, -0.1) is 0 Å². The molecule has 2 aromatic carbocycles. The van der Waals surface area contributed by atoms with Gasteiger partial charge in [0.05, 0.1) is 29.3 Å². The van der Waals surface area contributed by atoms with Crippen LogP contribution in [0.25, 0.3) is 50.0 Å². The summed E-state index contributed by atoms with van der Waals surface area (Å²) in [6.07, 6.45) is 5.29. The molecule has 0 aliphatic heterocycles. The number of hydrogen-bond donors (Lipinski definition) is 0. The fraction of sp³-hybridized carbons (Fsp3) is 0. The number of para-hydroxylation sites is 2. The summed E-state index contributed by atoms with van der Waals surface area (Å²) in [7, 11) is 0. The minimum atomic E-state index is 0.865. The second-order valence-electron chi connectivity index (χ2n) is 6.83. The first kappa shape index (κ1) is 16.3. The number of imidazole rings is 1. The maximum atomic E-state index is 5.40. The van der Waals surface area contributed by atoms with Gasteiger partial charge in [-0.1, -0.05) is 36.4 Å². The van der Waals surface area contributed by atoms with Gasteiger partial charge in [-0.05, 0) is 46.0 Å². The minimum absolute atomic E-state index is 0.865. The smallest absolute Gasteiger partial charge is 0.147 e. The van der Waals surface area contributed by atoms with Gasteiger partial charge >= 0.3 is 0 Å². The van der Waals surface area contributed by atoms with Crippen LogP contribution in [0.1, 0.15) is 0 Å². The molecule has 0 radical (unpaired) electrons. The van der Waals surface area contributed by atoms with Gasteiger partial charge in [0.25, 0.3) is 0 Å². The third-order valence-corrected chi connectivity index (χ3v) is 5.86. The van der Waals surface area contributed by atoms with E-state index in [2.05, 4.69) is 56.7 Å². The van der Waals surface area contributed by atoms with Crippen LogP contribution in [0, 0.1) is 0 Å². The number of hydrogen-bond acceptors (Lipinski definition) is 4. The lowest BCUT2D eigenvalue weighted by Gasteiger charge is -2.15. The molecule has 6 rings (SSSR count). The van der Waals surface area contributed by atoms with Gasteiger partial charge in [-0.3, -0.25) is 4.57 Å². The van der Waals surface area contributed by atoms with Crippen LogP contribution in [0.3, 0.4) is 0 Å². The molecule has 138 valence electrons. The van der Waals surface area contributed by atoms with Gasteiger partial charge in [0.2, 0.25) is 0 Å². The molecule has 0 spiro atoms. The summed E-state index contributed by atoms with van der Waals surface area (Å²) in [4.78, 5) is 9.73. The number of aromatic nitrogens is 3. The molecule has 4 aromatic heterocycles. The number of pyridine rings is 1. The molecule has 0 aliphatic carbocycles. The monoisotopic (exact) mass is 393 g/mol. The molecule has 0 saturated heterocycles. The fourth-order valence-corrected chi connectivity index (χ4v) is 4.51. The molecule has 5 heteroatoms. The van der Waals surface area contributed by atoms with E-state index in [0.717, 1.165) is 50.0 Å². The topological polar surface area (TPSA) is 43.9 Å². The fourth-order valence-electron chi connectivity index (χ4n) is 3.86. The van der Waals surface area contributed by atoms with Crippen LogP contribution < -0.4 is 0 Å². The molecule has 0 fully saturated rings. The second kappa shape index (κ2) is 6.43. The van der Waals surface area contributed by atoms with Crippen molar-refractivity contribution in [2.75, 3.05) is 0 Å². The van der Waals surface area contributed by atoms with E-state index in [1.807, 2.05) is 30.6 Å². The molecule has 29 heavy (non-hydrogen) atoms. The van der Waals surface area contributed by atoms with Crippen LogP contribution in [0.15, 0.2) is 94.7 Å². The van der Waals surface area contributed by atoms with E-state index in [1.165, 1.54) is 0 Å². The van der Waals surface area contributed by atoms with Crippen LogP contribution in [0.2, 0.25) is 0 Å². The summed E-state index contributed by atoms with van der Waals surface area (Å²) >= 11 is 1.69. The number of rotatable bonds is 3. The number of benzene rings is 2. The van der Waals surface area contributed by atoms with E-state index in [1.54, 1.807) is 23.9 Å². The van der Waals surface area contributed by atoms with E-state index >= 15 is 0 Å². The van der Waals surface area contributed by atoms with Crippen molar-refractivity contribution < 1.29 is 4.42 Å². The molecule has 0 bridgehead atoms. The first-order chi connectivity index (χ1) is 14.4. The van der Waals surface area contributed by atoms with Gasteiger partial charge in [-0.2, -0.15) is 11.3 Å². The summed E-state index contributed by atoms with van der Waals surface area (Å²) in [5.41, 5.74) is 6.14. The lowest BCUT2D eigenvalue weighted by molar-refractivity contribution is 0.568. The summed E-state index contributed by atoms with van der Waals surface area (Å²) in [6.45, 7) is 0. The van der Waals surface area contributed by atoms with Crippen molar-refractivity contribution in [1.82, 2.24) is 14.5 Å². The van der Waals surface area contributed by atoms with Gasteiger partial charge in [0.1, 0.15) is 12.1 Å². The summed E-state index contributed by atoms with van der Waals surface area (Å²) < 4.78 is 7.47. The largest absolute Gasteiger partial charge is 0.472 e. The molecule has 0 aliphatic rings. The molecule has 0 N–H and O–H groups in total. The normalized spacial score (nSPS) is 11.4. The lowest BCUT2D eigenvalue weighted by atomic mass is 9.96. The van der Waals surface area contributed by atoms with Crippen molar-refractivity contribution in [1.29, 1.82) is 0 Å². The molecule has 0 saturated carbocycles. The van der Waals surface area contributed by atoms with Crippen LogP contribution >= 0.6 is 11.3 Å². The van der Waals surface area contributed by atoms with Crippen molar-refractivity contribution >= 4 is 33.1 Å². The zero-order valence-corrected chi connectivity index (χ0v) is 16.1. The van der Waals surface area contributed by atoms with Gasteiger partial charge in [0, 0.05) is 16.5 Å². The number of furan rings is 1. The zero-order valence-electron chi connectivity index (χ0n) is 15.3. The van der Waals surface area contributed by atoms with E-state index in [0.29, 0.717) is 0 Å². The first-order valence-electron chi connectivity index (χ1n) is 9.30. The summed E-state index contributed by atoms with van der Waals surface area (Å²) in [5.74, 6) is 0.865. The quantitative estimate of drug-likeness (QED) is 0.342. The predicted octanol–water partition coefficient (Wildman–Crippen LogP) is 6.56. The Morgan fingerprint density at radius 1 is 0.862 bits per heavy atom.